The van der Waals surface area contributed by atoms with Gasteiger partial charge < -0.3 is 5.43 Å². The average molecular weight is 170 g/mol. The van der Waals surface area contributed by atoms with Crippen molar-refractivity contribution >= 4 is 6.21 Å². The van der Waals surface area contributed by atoms with Crippen LogP contribution in [0.3, 0.4) is 0 Å². The highest BCUT2D eigenvalue weighted by Crippen LogP contribution is 2.16. The van der Waals surface area contributed by atoms with E-state index in [0.29, 0.717) is 5.41 Å². The maximum atomic E-state index is 4.15. The first kappa shape index (κ1) is 11.5. The van der Waals surface area contributed by atoms with E-state index in [1.807, 2.05) is 6.21 Å². The maximum absolute atomic E-state index is 4.15. The monoisotopic (exact) mass is 170 g/mol. The van der Waals surface area contributed by atoms with Gasteiger partial charge in [0.15, 0.2) is 0 Å². The van der Waals surface area contributed by atoms with Crippen molar-refractivity contribution in [2.45, 2.75) is 53.5 Å². The van der Waals surface area contributed by atoms with Crippen molar-refractivity contribution in [1.82, 2.24) is 5.43 Å². The van der Waals surface area contributed by atoms with Gasteiger partial charge in [-0.25, -0.2) is 0 Å². The van der Waals surface area contributed by atoms with Gasteiger partial charge in [-0.2, -0.15) is 5.10 Å². The van der Waals surface area contributed by atoms with Gasteiger partial charge in [0.25, 0.3) is 0 Å². The van der Waals surface area contributed by atoms with E-state index in [1.165, 1.54) is 0 Å². The lowest BCUT2D eigenvalue weighted by molar-refractivity contribution is 0.423. The molecule has 2 heteroatoms. The van der Waals surface area contributed by atoms with E-state index >= 15 is 0 Å². The van der Waals surface area contributed by atoms with Crippen LogP contribution in [0.25, 0.3) is 0 Å². The molecule has 2 nitrogen and oxygen atoms in total. The van der Waals surface area contributed by atoms with Crippen LogP contribution in [0, 0.1) is 5.41 Å². The fourth-order valence-corrected chi connectivity index (χ4v) is 0.559. The van der Waals surface area contributed by atoms with E-state index in [4.69, 9.17) is 0 Å². The van der Waals surface area contributed by atoms with Crippen LogP contribution >= 0.6 is 0 Å². The Kier molecular flexibility index (Phi) is 3.75. The van der Waals surface area contributed by atoms with Crippen molar-refractivity contribution in [2.75, 3.05) is 0 Å². The third kappa shape index (κ3) is 9.47. The van der Waals surface area contributed by atoms with Crippen molar-refractivity contribution in [3.05, 3.63) is 0 Å². The summed E-state index contributed by atoms with van der Waals surface area (Å²) in [4.78, 5) is 0. The lowest BCUT2D eigenvalue weighted by atomic mass is 9.93. The number of nitrogens with zero attached hydrogens (tertiary/aromatic N) is 1. The molecule has 0 spiro atoms. The Labute approximate surface area is 76.4 Å². The zero-order chi connectivity index (χ0) is 9.83. The van der Waals surface area contributed by atoms with E-state index in [2.05, 4.69) is 52.1 Å². The summed E-state index contributed by atoms with van der Waals surface area (Å²) in [5.41, 5.74) is 3.48. The summed E-state index contributed by atoms with van der Waals surface area (Å²) in [6, 6.07) is 0. The van der Waals surface area contributed by atoms with Gasteiger partial charge >= 0.3 is 0 Å². The SMILES string of the molecule is CC(C)(C)C/C=N\NC(C)(C)C. The maximum Gasteiger partial charge on any atom is 0.0464 e. The Hall–Kier alpha value is -0.530. The van der Waals surface area contributed by atoms with Crippen LogP contribution in [-0.2, 0) is 0 Å². The molecule has 0 saturated heterocycles. The Balaban J connectivity index is 3.66. The molecule has 0 aromatic rings. The van der Waals surface area contributed by atoms with Gasteiger partial charge in [0.2, 0.25) is 0 Å². The van der Waals surface area contributed by atoms with Crippen LogP contribution in [0.4, 0.5) is 0 Å². The molecule has 0 heterocycles. The number of nitrogens with one attached hydrogen (secondary N) is 1. The van der Waals surface area contributed by atoms with Crippen LogP contribution in [0.5, 0.6) is 0 Å². The van der Waals surface area contributed by atoms with Crippen molar-refractivity contribution in [1.29, 1.82) is 0 Å². The number of hydrogen-bond acceptors (Lipinski definition) is 2. The Bertz CT molecular complexity index is 128. The Morgan fingerprint density at radius 1 is 1.08 bits per heavy atom. The minimum absolute atomic E-state index is 0.0778. The fourth-order valence-electron chi connectivity index (χ4n) is 0.559. The topological polar surface area (TPSA) is 24.4 Å². The normalized spacial score (nSPS) is 13.8. The van der Waals surface area contributed by atoms with Crippen LogP contribution in [-0.4, -0.2) is 11.8 Å². The third-order valence-electron chi connectivity index (χ3n) is 1.19. The van der Waals surface area contributed by atoms with Crippen molar-refractivity contribution in [3.63, 3.8) is 0 Å². The second kappa shape index (κ2) is 3.92. The molecule has 0 radical (unpaired) electrons. The standard InChI is InChI=1S/C10H22N2/c1-9(2,3)7-8-11-12-10(4,5)6/h8,12H,7H2,1-6H3/b11-8-. The fraction of sp³-hybridized carbons (Fsp3) is 0.900. The summed E-state index contributed by atoms with van der Waals surface area (Å²) in [5.74, 6) is 0. The molecular weight excluding hydrogens is 148 g/mol. The van der Waals surface area contributed by atoms with E-state index in [-0.39, 0.29) is 5.54 Å². The minimum Gasteiger partial charge on any atom is -0.305 e. The second-order valence-electron chi connectivity index (χ2n) is 5.44. The largest absolute Gasteiger partial charge is 0.305 e. The molecule has 0 aliphatic rings. The van der Waals surface area contributed by atoms with Crippen molar-refractivity contribution in [2.24, 2.45) is 10.5 Å². The van der Waals surface area contributed by atoms with Gasteiger partial charge in [-0.05, 0) is 32.6 Å². The minimum atomic E-state index is 0.0778. The smallest absolute Gasteiger partial charge is 0.0464 e. The van der Waals surface area contributed by atoms with Gasteiger partial charge in [-0.3, -0.25) is 0 Å². The number of hydrogen-bond donors (Lipinski definition) is 1. The highest BCUT2D eigenvalue weighted by Gasteiger charge is 2.08. The third-order valence-corrected chi connectivity index (χ3v) is 1.19. The molecule has 0 aromatic heterocycles. The number of rotatable bonds is 2. The molecule has 72 valence electrons. The lowest BCUT2D eigenvalue weighted by Gasteiger charge is -2.18. The molecule has 0 aromatic carbocycles. The molecule has 12 heavy (non-hydrogen) atoms. The van der Waals surface area contributed by atoms with Gasteiger partial charge in [-0.15, -0.1) is 0 Å². The molecule has 0 amide bonds. The first-order valence-corrected chi connectivity index (χ1v) is 4.49. The zero-order valence-electron chi connectivity index (χ0n) is 9.23. The molecule has 0 atom stereocenters. The van der Waals surface area contributed by atoms with E-state index in [0.717, 1.165) is 6.42 Å². The quantitative estimate of drug-likeness (QED) is 0.500. The zero-order valence-corrected chi connectivity index (χ0v) is 9.23. The van der Waals surface area contributed by atoms with Gasteiger partial charge in [0.1, 0.15) is 0 Å². The Morgan fingerprint density at radius 2 is 1.58 bits per heavy atom. The summed E-state index contributed by atoms with van der Waals surface area (Å²) in [7, 11) is 0. The van der Waals surface area contributed by atoms with Gasteiger partial charge in [-0.1, -0.05) is 20.8 Å². The molecule has 0 rings (SSSR count). The molecule has 0 unspecified atom stereocenters. The summed E-state index contributed by atoms with van der Waals surface area (Å²) < 4.78 is 0. The van der Waals surface area contributed by atoms with E-state index in [9.17, 15) is 0 Å². The first-order valence-electron chi connectivity index (χ1n) is 4.49. The molecular formula is C10H22N2. The highest BCUT2D eigenvalue weighted by molar-refractivity contribution is 5.57. The molecule has 0 bridgehead atoms. The van der Waals surface area contributed by atoms with Crippen LogP contribution in [0.2, 0.25) is 0 Å². The van der Waals surface area contributed by atoms with Gasteiger partial charge in [0.05, 0.1) is 0 Å². The summed E-state index contributed by atoms with van der Waals surface area (Å²) >= 11 is 0. The molecule has 0 aliphatic heterocycles. The van der Waals surface area contributed by atoms with Crippen LogP contribution < -0.4 is 5.43 Å². The highest BCUT2D eigenvalue weighted by atomic mass is 15.3. The molecule has 1 N–H and O–H groups in total. The van der Waals surface area contributed by atoms with Crippen LogP contribution in [0.1, 0.15) is 48.0 Å². The van der Waals surface area contributed by atoms with Gasteiger partial charge in [0, 0.05) is 11.8 Å². The predicted molar refractivity (Wildman–Crippen MR) is 55.5 cm³/mol. The van der Waals surface area contributed by atoms with E-state index < -0.39 is 0 Å². The average Bonchev–Trinajstić information content (AvgIpc) is 1.76. The second-order valence-corrected chi connectivity index (χ2v) is 5.44. The first-order chi connectivity index (χ1) is 5.21. The lowest BCUT2D eigenvalue weighted by Crippen LogP contribution is -2.31. The summed E-state index contributed by atoms with van der Waals surface area (Å²) in [6.45, 7) is 12.9. The summed E-state index contributed by atoms with van der Waals surface area (Å²) in [6.07, 6.45) is 2.96. The van der Waals surface area contributed by atoms with E-state index in [1.54, 1.807) is 0 Å². The Morgan fingerprint density at radius 3 is 1.92 bits per heavy atom. The van der Waals surface area contributed by atoms with Crippen molar-refractivity contribution in [3.8, 4) is 0 Å². The molecule has 0 fully saturated rings. The predicted octanol–water partition coefficient (Wildman–Crippen LogP) is 2.80. The van der Waals surface area contributed by atoms with Crippen LogP contribution in [0.15, 0.2) is 5.10 Å². The molecule has 0 aliphatic carbocycles. The summed E-state index contributed by atoms with van der Waals surface area (Å²) in [5, 5.41) is 4.15. The molecule has 0 saturated carbocycles. The number of hydrazone groups is 1. The van der Waals surface area contributed by atoms with Crippen molar-refractivity contribution < 1.29 is 0 Å².